The molecule has 3 unspecified atom stereocenters. The van der Waals surface area contributed by atoms with Crippen LogP contribution in [0.1, 0.15) is 51.9 Å². The number of nitrogens with zero attached hydrogens (tertiary/aromatic N) is 1. The Balaban J connectivity index is 1.96. The van der Waals surface area contributed by atoms with E-state index in [1.54, 1.807) is 0 Å². The molecule has 0 aromatic heterocycles. The molecule has 98 valence electrons. The van der Waals surface area contributed by atoms with Gasteiger partial charge in [-0.15, -0.1) is 0 Å². The Labute approximate surface area is 105 Å². The third kappa shape index (κ3) is 3.21. The average Bonchev–Trinajstić information content (AvgIpc) is 2.60. The molecule has 3 atom stereocenters. The third-order valence-electron chi connectivity index (χ3n) is 4.47. The molecular formula is C14H26N2O. The number of carbonyl (C=O) groups excluding carboxylic acids is 1. The van der Waals surface area contributed by atoms with Crippen molar-refractivity contribution in [1.29, 1.82) is 0 Å². The van der Waals surface area contributed by atoms with Crippen molar-refractivity contribution in [2.24, 2.45) is 17.6 Å². The highest BCUT2D eigenvalue weighted by Crippen LogP contribution is 2.31. The minimum absolute atomic E-state index is 0.192. The molecule has 2 N–H and O–H groups in total. The summed E-state index contributed by atoms with van der Waals surface area (Å²) in [6.45, 7) is 4.15. The quantitative estimate of drug-likeness (QED) is 0.761. The van der Waals surface area contributed by atoms with Gasteiger partial charge >= 0.3 is 0 Å². The van der Waals surface area contributed by atoms with Crippen molar-refractivity contribution < 1.29 is 4.79 Å². The van der Waals surface area contributed by atoms with Gasteiger partial charge in [-0.05, 0) is 38.0 Å². The largest absolute Gasteiger partial charge is 0.342 e. The second kappa shape index (κ2) is 5.85. The Morgan fingerprint density at radius 2 is 1.76 bits per heavy atom. The summed E-state index contributed by atoms with van der Waals surface area (Å²) in [7, 11) is 0. The number of rotatable bonds is 1. The second-order valence-electron chi connectivity index (χ2n) is 5.90. The molecule has 0 aromatic carbocycles. The molecule has 2 rings (SSSR count). The van der Waals surface area contributed by atoms with Gasteiger partial charge in [0.15, 0.2) is 0 Å². The van der Waals surface area contributed by atoms with E-state index in [4.69, 9.17) is 5.73 Å². The highest BCUT2D eigenvalue weighted by molar-refractivity contribution is 5.79. The highest BCUT2D eigenvalue weighted by Gasteiger charge is 2.33. The van der Waals surface area contributed by atoms with Crippen molar-refractivity contribution in [3.05, 3.63) is 0 Å². The van der Waals surface area contributed by atoms with Crippen LogP contribution in [0.15, 0.2) is 0 Å². The van der Waals surface area contributed by atoms with Crippen LogP contribution in [-0.4, -0.2) is 29.9 Å². The van der Waals surface area contributed by atoms with Gasteiger partial charge in [-0.25, -0.2) is 0 Å². The lowest BCUT2D eigenvalue weighted by Gasteiger charge is -2.35. The molecule has 3 heteroatoms. The maximum absolute atomic E-state index is 12.5. The van der Waals surface area contributed by atoms with Crippen LogP contribution in [0.4, 0.5) is 0 Å². The van der Waals surface area contributed by atoms with E-state index in [9.17, 15) is 4.79 Å². The van der Waals surface area contributed by atoms with E-state index < -0.39 is 0 Å². The molecule has 3 nitrogen and oxygen atoms in total. The number of carbonyl (C=O) groups is 1. The van der Waals surface area contributed by atoms with E-state index in [1.807, 2.05) is 0 Å². The first-order chi connectivity index (χ1) is 8.18. The van der Waals surface area contributed by atoms with Crippen LogP contribution in [0.3, 0.4) is 0 Å². The molecule has 0 aromatic rings. The number of likely N-dealkylation sites (tertiary alicyclic amines) is 1. The van der Waals surface area contributed by atoms with Gasteiger partial charge in [-0.3, -0.25) is 4.79 Å². The summed E-state index contributed by atoms with van der Waals surface area (Å²) >= 11 is 0. The molecule has 1 saturated carbocycles. The number of nitrogens with two attached hydrogens (primary N) is 1. The molecule has 1 saturated heterocycles. The van der Waals surface area contributed by atoms with Gasteiger partial charge < -0.3 is 10.6 Å². The second-order valence-corrected chi connectivity index (χ2v) is 5.90. The SMILES string of the molecule is CC1CCC(N)CC1C(=O)N1CCCCCC1. The van der Waals surface area contributed by atoms with Crippen LogP contribution in [0.5, 0.6) is 0 Å². The Kier molecular flexibility index (Phi) is 4.43. The first-order valence-electron chi connectivity index (χ1n) is 7.23. The first kappa shape index (κ1) is 12.9. The fourth-order valence-corrected chi connectivity index (χ4v) is 3.22. The van der Waals surface area contributed by atoms with Gasteiger partial charge in [0.05, 0.1) is 0 Å². The van der Waals surface area contributed by atoms with E-state index in [2.05, 4.69) is 11.8 Å². The van der Waals surface area contributed by atoms with Crippen molar-refractivity contribution in [3.63, 3.8) is 0 Å². The Morgan fingerprint density at radius 1 is 1.12 bits per heavy atom. The van der Waals surface area contributed by atoms with Gasteiger partial charge in [-0.2, -0.15) is 0 Å². The molecule has 1 aliphatic carbocycles. The Hall–Kier alpha value is -0.570. The van der Waals surface area contributed by atoms with Gasteiger partial charge in [0.1, 0.15) is 0 Å². The van der Waals surface area contributed by atoms with Gasteiger partial charge in [-0.1, -0.05) is 19.8 Å². The molecule has 17 heavy (non-hydrogen) atoms. The van der Waals surface area contributed by atoms with Crippen LogP contribution in [0.25, 0.3) is 0 Å². The van der Waals surface area contributed by atoms with Crippen LogP contribution in [0, 0.1) is 11.8 Å². The predicted octanol–water partition coefficient (Wildman–Crippen LogP) is 2.15. The van der Waals surface area contributed by atoms with Crippen molar-refractivity contribution in [3.8, 4) is 0 Å². The molecule has 0 radical (unpaired) electrons. The van der Waals surface area contributed by atoms with Gasteiger partial charge in [0.2, 0.25) is 5.91 Å². The van der Waals surface area contributed by atoms with Gasteiger partial charge in [0.25, 0.3) is 0 Å². The van der Waals surface area contributed by atoms with Crippen LogP contribution < -0.4 is 5.73 Å². The predicted molar refractivity (Wildman–Crippen MR) is 69.5 cm³/mol. The molecule has 1 amide bonds. The number of hydrogen-bond acceptors (Lipinski definition) is 2. The van der Waals surface area contributed by atoms with Crippen LogP contribution >= 0.6 is 0 Å². The zero-order valence-electron chi connectivity index (χ0n) is 11.0. The number of hydrogen-bond donors (Lipinski definition) is 1. The van der Waals surface area contributed by atoms with Crippen molar-refractivity contribution >= 4 is 5.91 Å². The normalized spacial score (nSPS) is 35.4. The molecular weight excluding hydrogens is 212 g/mol. The standard InChI is InChI=1S/C14H26N2O/c1-11-6-7-12(15)10-13(11)14(17)16-8-4-2-3-5-9-16/h11-13H,2-10,15H2,1H3. The lowest BCUT2D eigenvalue weighted by Crippen LogP contribution is -2.44. The van der Waals surface area contributed by atoms with Crippen LogP contribution in [-0.2, 0) is 4.79 Å². The lowest BCUT2D eigenvalue weighted by atomic mass is 9.77. The summed E-state index contributed by atoms with van der Waals surface area (Å²) < 4.78 is 0. The highest BCUT2D eigenvalue weighted by atomic mass is 16.2. The number of amides is 1. The van der Waals surface area contributed by atoms with Gasteiger partial charge in [0, 0.05) is 25.0 Å². The third-order valence-corrected chi connectivity index (χ3v) is 4.47. The van der Waals surface area contributed by atoms with Crippen molar-refractivity contribution in [1.82, 2.24) is 4.90 Å². The Bertz CT molecular complexity index is 259. The smallest absolute Gasteiger partial charge is 0.226 e. The van der Waals surface area contributed by atoms with E-state index >= 15 is 0 Å². The molecule has 0 bridgehead atoms. The fraction of sp³-hybridized carbons (Fsp3) is 0.929. The minimum Gasteiger partial charge on any atom is -0.342 e. The zero-order chi connectivity index (χ0) is 12.3. The summed E-state index contributed by atoms with van der Waals surface area (Å²) in [5, 5.41) is 0. The summed E-state index contributed by atoms with van der Waals surface area (Å²) in [6, 6.07) is 0.243. The summed E-state index contributed by atoms with van der Waals surface area (Å²) in [4.78, 5) is 14.6. The maximum atomic E-state index is 12.5. The van der Waals surface area contributed by atoms with Crippen molar-refractivity contribution in [2.45, 2.75) is 57.9 Å². The van der Waals surface area contributed by atoms with Crippen LogP contribution in [0.2, 0.25) is 0 Å². The first-order valence-corrected chi connectivity index (χ1v) is 7.23. The fourth-order valence-electron chi connectivity index (χ4n) is 3.22. The zero-order valence-corrected chi connectivity index (χ0v) is 11.0. The minimum atomic E-state index is 0.192. The van der Waals surface area contributed by atoms with E-state index in [-0.39, 0.29) is 12.0 Å². The molecule has 2 aliphatic rings. The van der Waals surface area contributed by atoms with E-state index in [0.29, 0.717) is 11.8 Å². The topological polar surface area (TPSA) is 46.3 Å². The average molecular weight is 238 g/mol. The molecule has 1 heterocycles. The van der Waals surface area contributed by atoms with Crippen molar-refractivity contribution in [2.75, 3.05) is 13.1 Å². The maximum Gasteiger partial charge on any atom is 0.226 e. The lowest BCUT2D eigenvalue weighted by molar-refractivity contribution is -0.138. The Morgan fingerprint density at radius 3 is 2.41 bits per heavy atom. The monoisotopic (exact) mass is 238 g/mol. The van der Waals surface area contributed by atoms with E-state index in [0.717, 1.165) is 32.4 Å². The summed E-state index contributed by atoms with van der Waals surface area (Å²) in [5.74, 6) is 1.09. The summed E-state index contributed by atoms with van der Waals surface area (Å²) in [6.07, 6.45) is 8.03. The van der Waals surface area contributed by atoms with E-state index in [1.165, 1.54) is 25.7 Å². The summed E-state index contributed by atoms with van der Waals surface area (Å²) in [5.41, 5.74) is 6.01. The molecule has 0 spiro atoms. The molecule has 1 aliphatic heterocycles. The molecule has 2 fully saturated rings.